The molecule has 0 saturated carbocycles. The van der Waals surface area contributed by atoms with Crippen LogP contribution < -0.4 is 10.6 Å². The van der Waals surface area contributed by atoms with Crippen LogP contribution in [0.25, 0.3) is 0 Å². The zero-order valence-electron chi connectivity index (χ0n) is 10.2. The molecule has 0 aliphatic rings. The molecular weight excluding hydrogens is 208 g/mol. The number of rotatable bonds is 7. The molecule has 2 amide bonds. The van der Waals surface area contributed by atoms with E-state index in [1.165, 1.54) is 0 Å². The Bertz CT molecular complexity index is 229. The smallest absolute Gasteiger partial charge is 0.315 e. The molecule has 0 saturated heterocycles. The topological polar surface area (TPSA) is 78.4 Å². The third-order valence-corrected chi connectivity index (χ3v) is 2.41. The molecule has 0 aromatic heterocycles. The second-order valence-corrected chi connectivity index (χ2v) is 4.16. The molecule has 0 radical (unpaired) electrons. The molecule has 0 bridgehead atoms. The van der Waals surface area contributed by atoms with Crippen molar-refractivity contribution in [2.24, 2.45) is 5.92 Å². The number of carbonyl (C=O) groups excluding carboxylic acids is 1. The zero-order chi connectivity index (χ0) is 12.6. The second kappa shape index (κ2) is 7.96. The number of hydrogen-bond acceptors (Lipinski definition) is 2. The summed E-state index contributed by atoms with van der Waals surface area (Å²) in [7, 11) is 0. The van der Waals surface area contributed by atoms with Crippen molar-refractivity contribution in [3.63, 3.8) is 0 Å². The minimum atomic E-state index is -0.837. The van der Waals surface area contributed by atoms with Gasteiger partial charge in [0.2, 0.25) is 0 Å². The van der Waals surface area contributed by atoms with Gasteiger partial charge in [0.1, 0.15) is 0 Å². The van der Waals surface area contributed by atoms with E-state index in [2.05, 4.69) is 24.5 Å². The van der Waals surface area contributed by atoms with Crippen molar-refractivity contribution < 1.29 is 14.7 Å². The van der Waals surface area contributed by atoms with Gasteiger partial charge in [-0.05, 0) is 18.8 Å². The van der Waals surface area contributed by atoms with Gasteiger partial charge < -0.3 is 15.7 Å². The molecule has 1 unspecified atom stereocenters. The summed E-state index contributed by atoms with van der Waals surface area (Å²) in [5.41, 5.74) is 0. The molecular formula is C11H22N2O3. The van der Waals surface area contributed by atoms with Crippen LogP contribution in [0.1, 0.15) is 40.0 Å². The van der Waals surface area contributed by atoms with Gasteiger partial charge >= 0.3 is 12.0 Å². The van der Waals surface area contributed by atoms with E-state index in [-0.39, 0.29) is 18.5 Å². The van der Waals surface area contributed by atoms with Crippen LogP contribution in [-0.4, -0.2) is 29.7 Å². The van der Waals surface area contributed by atoms with Gasteiger partial charge in [0, 0.05) is 19.0 Å². The monoisotopic (exact) mass is 230 g/mol. The molecule has 3 N–H and O–H groups in total. The summed E-state index contributed by atoms with van der Waals surface area (Å²) in [6, 6.07) is -0.0505. The lowest BCUT2D eigenvalue weighted by Crippen LogP contribution is -2.44. The molecule has 1 atom stereocenters. The maximum atomic E-state index is 11.4. The summed E-state index contributed by atoms with van der Waals surface area (Å²) in [5.74, 6) is -0.439. The lowest BCUT2D eigenvalue weighted by Gasteiger charge is -2.20. The van der Waals surface area contributed by atoms with E-state index < -0.39 is 5.97 Å². The number of hydrogen-bond donors (Lipinski definition) is 3. The molecule has 0 rings (SSSR count). The van der Waals surface area contributed by atoms with Crippen LogP contribution in [0.5, 0.6) is 0 Å². The van der Waals surface area contributed by atoms with Crippen LogP contribution in [0.2, 0.25) is 0 Å². The van der Waals surface area contributed by atoms with Crippen LogP contribution >= 0.6 is 0 Å². The Morgan fingerprint density at radius 2 is 1.94 bits per heavy atom. The maximum Gasteiger partial charge on any atom is 0.315 e. The highest BCUT2D eigenvalue weighted by Gasteiger charge is 2.13. The molecule has 0 spiro atoms. The van der Waals surface area contributed by atoms with Crippen LogP contribution in [0.4, 0.5) is 4.79 Å². The minimum Gasteiger partial charge on any atom is -0.481 e. The average molecular weight is 230 g/mol. The Morgan fingerprint density at radius 1 is 1.31 bits per heavy atom. The summed E-state index contributed by atoms with van der Waals surface area (Å²) >= 11 is 0. The van der Waals surface area contributed by atoms with Gasteiger partial charge in [0.15, 0.2) is 0 Å². The third kappa shape index (κ3) is 7.09. The SMILES string of the molecule is CCC(NC(=O)NCCCC(=O)O)C(C)C. The summed E-state index contributed by atoms with van der Waals surface area (Å²) in [6.07, 6.45) is 1.43. The first-order valence-corrected chi connectivity index (χ1v) is 5.73. The number of amides is 2. The van der Waals surface area contributed by atoms with E-state index in [4.69, 9.17) is 5.11 Å². The second-order valence-electron chi connectivity index (χ2n) is 4.16. The molecule has 16 heavy (non-hydrogen) atoms. The van der Waals surface area contributed by atoms with Gasteiger partial charge in [0.25, 0.3) is 0 Å². The first kappa shape index (κ1) is 14.7. The predicted octanol–water partition coefficient (Wildman–Crippen LogP) is 1.58. The van der Waals surface area contributed by atoms with Crippen molar-refractivity contribution in [2.75, 3.05) is 6.54 Å². The summed E-state index contributed by atoms with van der Waals surface area (Å²) < 4.78 is 0. The number of carboxylic acids is 1. The van der Waals surface area contributed by atoms with Crippen molar-refractivity contribution in [3.8, 4) is 0 Å². The van der Waals surface area contributed by atoms with Crippen molar-refractivity contribution >= 4 is 12.0 Å². The van der Waals surface area contributed by atoms with E-state index in [9.17, 15) is 9.59 Å². The average Bonchev–Trinajstić information content (AvgIpc) is 2.20. The molecule has 5 nitrogen and oxygen atoms in total. The Kier molecular flexibility index (Phi) is 7.33. The Morgan fingerprint density at radius 3 is 2.38 bits per heavy atom. The van der Waals surface area contributed by atoms with Gasteiger partial charge in [-0.15, -0.1) is 0 Å². The summed E-state index contributed by atoms with van der Waals surface area (Å²) in [4.78, 5) is 21.6. The molecule has 5 heteroatoms. The Balaban J connectivity index is 3.68. The van der Waals surface area contributed by atoms with E-state index >= 15 is 0 Å². The van der Waals surface area contributed by atoms with Gasteiger partial charge in [-0.3, -0.25) is 4.79 Å². The third-order valence-electron chi connectivity index (χ3n) is 2.41. The zero-order valence-corrected chi connectivity index (χ0v) is 10.2. The summed E-state index contributed by atoms with van der Waals surface area (Å²) in [6.45, 7) is 6.53. The molecule has 0 aliphatic carbocycles. The summed E-state index contributed by atoms with van der Waals surface area (Å²) in [5, 5.41) is 13.9. The first-order chi connectivity index (χ1) is 7.47. The normalized spacial score (nSPS) is 12.2. The van der Waals surface area contributed by atoms with E-state index in [1.54, 1.807) is 0 Å². The van der Waals surface area contributed by atoms with Crippen LogP contribution in [-0.2, 0) is 4.79 Å². The Hall–Kier alpha value is -1.26. The van der Waals surface area contributed by atoms with Crippen molar-refractivity contribution in [1.82, 2.24) is 10.6 Å². The van der Waals surface area contributed by atoms with E-state index in [0.29, 0.717) is 18.9 Å². The van der Waals surface area contributed by atoms with Crippen LogP contribution in [0.15, 0.2) is 0 Å². The molecule has 0 fully saturated rings. The highest BCUT2D eigenvalue weighted by Crippen LogP contribution is 2.04. The number of aliphatic carboxylic acids is 1. The standard InChI is InChI=1S/C11H22N2O3/c1-4-9(8(2)3)13-11(16)12-7-5-6-10(14)15/h8-9H,4-7H2,1-3H3,(H,14,15)(H2,12,13,16). The van der Waals surface area contributed by atoms with Gasteiger partial charge in [-0.1, -0.05) is 20.8 Å². The minimum absolute atomic E-state index is 0.0850. The Labute approximate surface area is 96.6 Å². The molecule has 0 heterocycles. The van der Waals surface area contributed by atoms with Gasteiger partial charge in [-0.25, -0.2) is 4.79 Å². The fourth-order valence-electron chi connectivity index (χ4n) is 1.40. The molecule has 0 aliphatic heterocycles. The largest absolute Gasteiger partial charge is 0.481 e. The van der Waals surface area contributed by atoms with E-state index in [1.807, 2.05) is 6.92 Å². The van der Waals surface area contributed by atoms with Gasteiger partial charge in [-0.2, -0.15) is 0 Å². The highest BCUT2D eigenvalue weighted by atomic mass is 16.4. The van der Waals surface area contributed by atoms with Crippen molar-refractivity contribution in [2.45, 2.75) is 46.1 Å². The first-order valence-electron chi connectivity index (χ1n) is 5.73. The number of urea groups is 1. The van der Waals surface area contributed by atoms with Crippen LogP contribution in [0.3, 0.4) is 0 Å². The number of carbonyl (C=O) groups is 2. The fourth-order valence-corrected chi connectivity index (χ4v) is 1.40. The highest BCUT2D eigenvalue weighted by molar-refractivity contribution is 5.74. The van der Waals surface area contributed by atoms with Crippen molar-refractivity contribution in [3.05, 3.63) is 0 Å². The molecule has 0 aromatic carbocycles. The predicted molar refractivity (Wildman–Crippen MR) is 62.3 cm³/mol. The number of carboxylic acid groups (broad SMARTS) is 1. The number of nitrogens with one attached hydrogen (secondary N) is 2. The maximum absolute atomic E-state index is 11.4. The van der Waals surface area contributed by atoms with Crippen LogP contribution in [0, 0.1) is 5.92 Å². The quantitative estimate of drug-likeness (QED) is 0.581. The van der Waals surface area contributed by atoms with Crippen molar-refractivity contribution in [1.29, 1.82) is 0 Å². The van der Waals surface area contributed by atoms with Gasteiger partial charge in [0.05, 0.1) is 0 Å². The fraction of sp³-hybridized carbons (Fsp3) is 0.818. The lowest BCUT2D eigenvalue weighted by molar-refractivity contribution is -0.137. The molecule has 0 aromatic rings. The molecule has 94 valence electrons. The lowest BCUT2D eigenvalue weighted by atomic mass is 10.0. The van der Waals surface area contributed by atoms with E-state index in [0.717, 1.165) is 6.42 Å².